The van der Waals surface area contributed by atoms with Crippen LogP contribution in [0.4, 0.5) is 4.39 Å². The molecule has 2 heterocycles. The number of aromatic nitrogens is 1. The third-order valence-corrected chi connectivity index (χ3v) is 5.69. The SMILES string of the molecule is NS(=O)(=O)C(NC(=O)c1cccnc1Oc1ccc(F)cc1)C1CCNCC1. The third-order valence-electron chi connectivity index (χ3n) is 4.48. The number of ether oxygens (including phenoxy) is 1. The number of nitrogens with two attached hydrogens (primary N) is 1. The second-order valence-electron chi connectivity index (χ2n) is 6.48. The molecule has 1 fully saturated rings. The van der Waals surface area contributed by atoms with Gasteiger partial charge in [-0.1, -0.05) is 0 Å². The Balaban J connectivity index is 1.82. The monoisotopic (exact) mass is 408 g/mol. The minimum absolute atomic E-state index is 0.0231. The lowest BCUT2D eigenvalue weighted by Crippen LogP contribution is -2.51. The summed E-state index contributed by atoms with van der Waals surface area (Å²) in [5.41, 5.74) is 0.0504. The van der Waals surface area contributed by atoms with E-state index in [9.17, 15) is 17.6 Å². The largest absolute Gasteiger partial charge is 0.438 e. The molecular formula is C18H21FN4O4S. The Morgan fingerprint density at radius 3 is 2.57 bits per heavy atom. The van der Waals surface area contributed by atoms with E-state index < -0.39 is 27.1 Å². The number of nitrogens with zero attached hydrogens (tertiary/aromatic N) is 1. The molecular weight excluding hydrogens is 387 g/mol. The van der Waals surface area contributed by atoms with Crippen LogP contribution in [0.25, 0.3) is 0 Å². The van der Waals surface area contributed by atoms with Gasteiger partial charge in [0.1, 0.15) is 22.5 Å². The molecule has 1 amide bonds. The number of rotatable bonds is 6. The highest BCUT2D eigenvalue weighted by Crippen LogP contribution is 2.24. The standard InChI is InChI=1S/C18H21FN4O4S/c19-13-3-5-14(6-4-13)27-17-15(2-1-9-22-17)16(24)23-18(28(20,25)26)12-7-10-21-11-8-12/h1-6,9,12,18,21H,7-8,10-11H2,(H,23,24)(H2,20,25,26). The van der Waals surface area contributed by atoms with Gasteiger partial charge in [-0.05, 0) is 68.2 Å². The minimum atomic E-state index is -4.01. The van der Waals surface area contributed by atoms with Gasteiger partial charge in [0.15, 0.2) is 0 Å². The van der Waals surface area contributed by atoms with Crippen molar-refractivity contribution in [3.8, 4) is 11.6 Å². The van der Waals surface area contributed by atoms with Crippen molar-refractivity contribution >= 4 is 15.9 Å². The Hall–Kier alpha value is -2.56. The zero-order valence-electron chi connectivity index (χ0n) is 15.0. The number of primary sulfonamides is 1. The molecule has 1 atom stereocenters. The molecule has 28 heavy (non-hydrogen) atoms. The van der Waals surface area contributed by atoms with Gasteiger partial charge < -0.3 is 15.4 Å². The number of carbonyl (C=O) groups is 1. The van der Waals surface area contributed by atoms with Gasteiger partial charge in [-0.15, -0.1) is 0 Å². The maximum absolute atomic E-state index is 13.1. The first-order valence-corrected chi connectivity index (χ1v) is 10.4. The van der Waals surface area contributed by atoms with E-state index in [2.05, 4.69) is 15.6 Å². The van der Waals surface area contributed by atoms with Crippen molar-refractivity contribution < 1.29 is 22.3 Å². The molecule has 1 aliphatic rings. The lowest BCUT2D eigenvalue weighted by molar-refractivity contribution is 0.0931. The van der Waals surface area contributed by atoms with E-state index in [1.54, 1.807) is 0 Å². The van der Waals surface area contributed by atoms with Gasteiger partial charge >= 0.3 is 0 Å². The van der Waals surface area contributed by atoms with E-state index in [4.69, 9.17) is 9.88 Å². The number of carbonyl (C=O) groups excluding carboxylic acids is 1. The topological polar surface area (TPSA) is 123 Å². The molecule has 0 radical (unpaired) electrons. The molecule has 0 aliphatic carbocycles. The van der Waals surface area contributed by atoms with Crippen LogP contribution in [0, 0.1) is 11.7 Å². The number of hydrogen-bond acceptors (Lipinski definition) is 6. The summed E-state index contributed by atoms with van der Waals surface area (Å²) in [5.74, 6) is -1.12. The summed E-state index contributed by atoms with van der Waals surface area (Å²) in [6.07, 6.45) is 2.58. The van der Waals surface area contributed by atoms with Crippen LogP contribution in [-0.2, 0) is 10.0 Å². The average Bonchev–Trinajstić information content (AvgIpc) is 2.68. The highest BCUT2D eigenvalue weighted by atomic mass is 32.2. The molecule has 1 aromatic carbocycles. The molecule has 1 aromatic heterocycles. The Labute approximate surface area is 162 Å². The van der Waals surface area contributed by atoms with Crippen LogP contribution in [0.2, 0.25) is 0 Å². The highest BCUT2D eigenvalue weighted by Gasteiger charge is 2.34. The Morgan fingerprint density at radius 1 is 1.25 bits per heavy atom. The maximum atomic E-state index is 13.1. The summed E-state index contributed by atoms with van der Waals surface area (Å²) in [5, 5.41) is 9.82. The fourth-order valence-corrected chi connectivity index (χ4v) is 4.16. The van der Waals surface area contributed by atoms with Crippen molar-refractivity contribution in [2.24, 2.45) is 11.1 Å². The maximum Gasteiger partial charge on any atom is 0.257 e. The summed E-state index contributed by atoms with van der Waals surface area (Å²) in [6, 6.07) is 8.22. The van der Waals surface area contributed by atoms with Gasteiger partial charge in [-0.2, -0.15) is 0 Å². The van der Waals surface area contributed by atoms with Crippen molar-refractivity contribution in [2.45, 2.75) is 18.2 Å². The van der Waals surface area contributed by atoms with E-state index in [-0.39, 0.29) is 23.1 Å². The van der Waals surface area contributed by atoms with Gasteiger partial charge in [0.25, 0.3) is 5.91 Å². The van der Waals surface area contributed by atoms with Gasteiger partial charge in [0.05, 0.1) is 0 Å². The molecule has 10 heteroatoms. The van der Waals surface area contributed by atoms with Crippen molar-refractivity contribution in [3.05, 3.63) is 54.0 Å². The van der Waals surface area contributed by atoms with Crippen molar-refractivity contribution in [1.82, 2.24) is 15.6 Å². The predicted octanol–water partition coefficient (Wildman–Crippen LogP) is 1.36. The van der Waals surface area contributed by atoms with Crippen molar-refractivity contribution in [2.75, 3.05) is 13.1 Å². The molecule has 2 aromatic rings. The molecule has 0 spiro atoms. The van der Waals surface area contributed by atoms with Gasteiger partial charge in [0.2, 0.25) is 15.9 Å². The van der Waals surface area contributed by atoms with E-state index in [1.807, 2.05) is 0 Å². The number of amides is 1. The normalized spacial score (nSPS) is 16.4. The van der Waals surface area contributed by atoms with Crippen LogP contribution in [0.3, 0.4) is 0 Å². The summed E-state index contributed by atoms with van der Waals surface area (Å²) < 4.78 is 42.8. The number of pyridine rings is 1. The van der Waals surface area contributed by atoms with Crippen LogP contribution in [-0.4, -0.2) is 37.8 Å². The van der Waals surface area contributed by atoms with Gasteiger partial charge in [-0.3, -0.25) is 4.79 Å². The molecule has 1 aliphatic heterocycles. The van der Waals surface area contributed by atoms with Crippen LogP contribution < -0.4 is 20.5 Å². The molecule has 1 unspecified atom stereocenters. The first-order chi connectivity index (χ1) is 13.3. The van der Waals surface area contributed by atoms with Crippen LogP contribution in [0.15, 0.2) is 42.6 Å². The second kappa shape index (κ2) is 8.63. The molecule has 3 rings (SSSR count). The molecule has 8 nitrogen and oxygen atoms in total. The number of piperidine rings is 1. The summed E-state index contributed by atoms with van der Waals surface area (Å²) in [6.45, 7) is 1.30. The van der Waals surface area contributed by atoms with Crippen molar-refractivity contribution in [3.63, 3.8) is 0 Å². The van der Waals surface area contributed by atoms with Gasteiger partial charge in [-0.25, -0.2) is 22.9 Å². The number of halogens is 1. The molecule has 1 saturated heterocycles. The number of nitrogens with one attached hydrogen (secondary N) is 2. The summed E-state index contributed by atoms with van der Waals surface area (Å²) in [4.78, 5) is 16.8. The van der Waals surface area contributed by atoms with Crippen LogP contribution >= 0.6 is 0 Å². The van der Waals surface area contributed by atoms with Crippen LogP contribution in [0.5, 0.6) is 11.6 Å². The summed E-state index contributed by atoms with van der Waals surface area (Å²) >= 11 is 0. The molecule has 4 N–H and O–H groups in total. The molecule has 0 saturated carbocycles. The fraction of sp³-hybridized carbons (Fsp3) is 0.333. The quantitative estimate of drug-likeness (QED) is 0.663. The molecule has 0 bridgehead atoms. The Kier molecular flexibility index (Phi) is 6.22. The van der Waals surface area contributed by atoms with Gasteiger partial charge in [0, 0.05) is 6.20 Å². The minimum Gasteiger partial charge on any atom is -0.438 e. The van der Waals surface area contributed by atoms with Crippen LogP contribution in [0.1, 0.15) is 23.2 Å². The third kappa shape index (κ3) is 5.03. The molecule has 150 valence electrons. The average molecular weight is 408 g/mol. The fourth-order valence-electron chi connectivity index (χ4n) is 3.08. The van der Waals surface area contributed by atoms with E-state index >= 15 is 0 Å². The zero-order valence-corrected chi connectivity index (χ0v) is 15.8. The smallest absolute Gasteiger partial charge is 0.257 e. The Bertz CT molecular complexity index is 931. The number of hydrogen-bond donors (Lipinski definition) is 3. The highest BCUT2D eigenvalue weighted by molar-refractivity contribution is 7.89. The van der Waals surface area contributed by atoms with Crippen molar-refractivity contribution in [1.29, 1.82) is 0 Å². The Morgan fingerprint density at radius 2 is 1.93 bits per heavy atom. The first kappa shape index (κ1) is 20.2. The predicted molar refractivity (Wildman–Crippen MR) is 101 cm³/mol. The first-order valence-electron chi connectivity index (χ1n) is 8.76. The van der Waals surface area contributed by atoms with E-state index in [0.29, 0.717) is 25.9 Å². The second-order valence-corrected chi connectivity index (χ2v) is 8.17. The van der Waals surface area contributed by atoms with E-state index in [1.165, 1.54) is 42.6 Å². The lowest BCUT2D eigenvalue weighted by atomic mass is 9.97. The number of sulfonamides is 1. The number of benzene rings is 1. The lowest BCUT2D eigenvalue weighted by Gasteiger charge is -2.29. The van der Waals surface area contributed by atoms with E-state index in [0.717, 1.165) is 0 Å². The summed E-state index contributed by atoms with van der Waals surface area (Å²) in [7, 11) is -4.01. The zero-order chi connectivity index (χ0) is 20.1.